The lowest BCUT2D eigenvalue weighted by atomic mass is 9.90. The molecule has 1 saturated carbocycles. The minimum absolute atomic E-state index is 0.0716. The number of para-hydroxylation sites is 1. The maximum atomic E-state index is 14.4. The summed E-state index contributed by atoms with van der Waals surface area (Å²) < 4.78 is 38.5. The van der Waals surface area contributed by atoms with E-state index in [0.29, 0.717) is 5.52 Å². The molecule has 0 amide bonds. The Kier molecular flexibility index (Phi) is 7.63. The number of nitrogens with two attached hydrogens (primary N) is 1. The van der Waals surface area contributed by atoms with E-state index in [9.17, 15) is 24.8 Å². The number of esters is 1. The first kappa shape index (κ1) is 29.7. The number of fused-ring (bicyclic) bond motifs is 2. The second-order valence-corrected chi connectivity index (χ2v) is 12.0. The van der Waals surface area contributed by atoms with E-state index in [-0.39, 0.29) is 30.3 Å². The van der Waals surface area contributed by atoms with Crippen LogP contribution in [-0.2, 0) is 35.4 Å². The number of aliphatic hydroxyl groups excluding tert-OH is 1. The molecule has 1 aliphatic heterocycles. The SMILES string of the molecule is CCOC(=O)[C@H](Cc1ccccc1)NP(=O)(Oc1ccccc1)OC1[C@H]2O[C@@](C#N)(c3ccc4c(N)ncnn34)[C@H](O)[C@@]12O. The molecule has 2 aromatic heterocycles. The van der Waals surface area contributed by atoms with Crippen molar-refractivity contribution in [1.82, 2.24) is 19.7 Å². The number of benzene rings is 2. The first-order chi connectivity index (χ1) is 21.1. The fourth-order valence-corrected chi connectivity index (χ4v) is 7.13. The Labute approximate surface area is 251 Å². The second kappa shape index (κ2) is 11.3. The van der Waals surface area contributed by atoms with Crippen LogP contribution in [0, 0.1) is 11.3 Å². The molecule has 1 aliphatic carbocycles. The van der Waals surface area contributed by atoms with Crippen molar-refractivity contribution in [1.29, 1.82) is 5.26 Å². The fourth-order valence-electron chi connectivity index (χ4n) is 5.42. The van der Waals surface area contributed by atoms with E-state index in [1.165, 1.54) is 29.0 Å². The highest BCUT2D eigenvalue weighted by atomic mass is 31.2. The number of nitriles is 1. The van der Waals surface area contributed by atoms with Crippen molar-refractivity contribution in [2.45, 2.75) is 48.9 Å². The van der Waals surface area contributed by atoms with Gasteiger partial charge < -0.3 is 29.9 Å². The monoisotopic (exact) mass is 620 g/mol. The van der Waals surface area contributed by atoms with Gasteiger partial charge in [0.2, 0.25) is 5.60 Å². The summed E-state index contributed by atoms with van der Waals surface area (Å²) in [6.45, 7) is 1.71. The second-order valence-electron chi connectivity index (χ2n) is 10.4. The Morgan fingerprint density at radius 1 is 1.20 bits per heavy atom. The summed E-state index contributed by atoms with van der Waals surface area (Å²) in [7, 11) is -4.51. The molecule has 2 aliphatic rings. The molecule has 4 aromatic rings. The number of rotatable bonds is 11. The molecule has 44 heavy (non-hydrogen) atoms. The van der Waals surface area contributed by atoms with E-state index in [1.807, 2.05) is 12.1 Å². The average molecular weight is 621 g/mol. The van der Waals surface area contributed by atoms with Gasteiger partial charge in [-0.3, -0.25) is 9.32 Å². The molecule has 6 rings (SSSR count). The highest BCUT2D eigenvalue weighted by Gasteiger charge is 2.83. The molecule has 2 unspecified atom stereocenters. The van der Waals surface area contributed by atoms with Crippen LogP contribution in [0.4, 0.5) is 5.82 Å². The molecule has 5 N–H and O–H groups in total. The van der Waals surface area contributed by atoms with E-state index < -0.39 is 49.3 Å². The number of nitrogens with one attached hydrogen (secondary N) is 1. The zero-order valence-corrected chi connectivity index (χ0v) is 24.3. The van der Waals surface area contributed by atoms with Crippen molar-refractivity contribution in [2.75, 3.05) is 12.3 Å². The minimum atomic E-state index is -4.51. The van der Waals surface area contributed by atoms with Gasteiger partial charge in [-0.05, 0) is 43.2 Å². The van der Waals surface area contributed by atoms with Crippen LogP contribution in [0.25, 0.3) is 5.52 Å². The number of aliphatic hydroxyl groups is 2. The number of carbonyl (C=O) groups is 1. The number of hydrogen-bond acceptors (Lipinski definition) is 12. The van der Waals surface area contributed by atoms with Crippen LogP contribution in [-0.4, -0.2) is 67.3 Å². The normalized spacial score (nSPS) is 27.5. The Bertz CT molecular complexity index is 1770. The summed E-state index contributed by atoms with van der Waals surface area (Å²) in [6, 6.07) is 20.9. The molecule has 2 aromatic carbocycles. The Hall–Kier alpha value is -4.35. The highest BCUT2D eigenvalue weighted by Crippen LogP contribution is 2.63. The summed E-state index contributed by atoms with van der Waals surface area (Å²) in [6.07, 6.45) is -3.33. The molecule has 2 fully saturated rings. The van der Waals surface area contributed by atoms with Crippen LogP contribution in [0.2, 0.25) is 0 Å². The minimum Gasteiger partial charge on any atom is -0.465 e. The smallest absolute Gasteiger partial charge is 0.459 e. The molecular weight excluding hydrogens is 591 g/mol. The van der Waals surface area contributed by atoms with Crippen LogP contribution in [0.15, 0.2) is 79.1 Å². The van der Waals surface area contributed by atoms with Gasteiger partial charge in [0.1, 0.15) is 48.0 Å². The third kappa shape index (κ3) is 4.99. The molecule has 3 heterocycles. The van der Waals surface area contributed by atoms with Crippen LogP contribution < -0.4 is 15.3 Å². The van der Waals surface area contributed by atoms with E-state index in [1.54, 1.807) is 55.5 Å². The van der Waals surface area contributed by atoms with Crippen LogP contribution in [0.5, 0.6) is 5.75 Å². The van der Waals surface area contributed by atoms with E-state index in [4.69, 9.17) is 24.3 Å². The standard InChI is InChI=1S/C29H29N6O8P/c1-2-40-26(36)20(15-18-9-5-3-6-10-18)34-44(39,42-19-11-7-4-8-12-19)43-24-23-29(24,38)27(37)28(16-30,41-23)22-14-13-21-25(31)32-17-33-35(21)22/h3-14,17,20,23-24,27,37-38H,2,15H2,1H3,(H,34,39)(H2,31,32,33)/t20-,23+,24?,27-,28-,29-,44?/m0/s1. The Morgan fingerprint density at radius 3 is 2.55 bits per heavy atom. The van der Waals surface area contributed by atoms with Crippen LogP contribution in [0.1, 0.15) is 18.2 Å². The third-order valence-electron chi connectivity index (χ3n) is 7.63. The molecule has 14 nitrogen and oxygen atoms in total. The summed E-state index contributed by atoms with van der Waals surface area (Å²) >= 11 is 0. The largest absolute Gasteiger partial charge is 0.465 e. The van der Waals surface area contributed by atoms with Gasteiger partial charge in [0.25, 0.3) is 0 Å². The molecule has 15 heteroatoms. The van der Waals surface area contributed by atoms with Gasteiger partial charge in [-0.15, -0.1) is 0 Å². The predicted octanol–water partition coefficient (Wildman–Crippen LogP) is 1.87. The topological polar surface area (TPSA) is 204 Å². The zero-order valence-electron chi connectivity index (χ0n) is 23.4. The average Bonchev–Trinajstić information content (AvgIpc) is 3.28. The van der Waals surface area contributed by atoms with Gasteiger partial charge in [-0.2, -0.15) is 15.4 Å². The quantitative estimate of drug-likeness (QED) is 0.140. The first-order valence-electron chi connectivity index (χ1n) is 13.7. The maximum absolute atomic E-state index is 14.4. The van der Waals surface area contributed by atoms with Gasteiger partial charge in [-0.25, -0.2) is 14.1 Å². The number of hydrogen-bond donors (Lipinski definition) is 4. The molecule has 0 spiro atoms. The molecule has 1 saturated heterocycles. The summed E-state index contributed by atoms with van der Waals surface area (Å²) in [5.41, 5.74) is 2.88. The van der Waals surface area contributed by atoms with Crippen molar-refractivity contribution in [3.8, 4) is 11.8 Å². The summed E-state index contributed by atoms with van der Waals surface area (Å²) in [5, 5.41) is 40.0. The van der Waals surface area contributed by atoms with Crippen molar-refractivity contribution in [2.24, 2.45) is 0 Å². The summed E-state index contributed by atoms with van der Waals surface area (Å²) in [4.78, 5) is 16.9. The van der Waals surface area contributed by atoms with Gasteiger partial charge >= 0.3 is 13.7 Å². The Morgan fingerprint density at radius 2 is 1.91 bits per heavy atom. The van der Waals surface area contributed by atoms with Gasteiger partial charge in [-0.1, -0.05) is 48.5 Å². The number of nitrogens with zero attached hydrogens (tertiary/aromatic N) is 4. The van der Waals surface area contributed by atoms with Crippen LogP contribution >= 0.6 is 7.75 Å². The van der Waals surface area contributed by atoms with E-state index >= 15 is 0 Å². The third-order valence-corrected chi connectivity index (χ3v) is 9.21. The molecular formula is C29H29N6O8P. The lowest BCUT2D eigenvalue weighted by Gasteiger charge is -2.31. The molecule has 228 valence electrons. The van der Waals surface area contributed by atoms with Crippen molar-refractivity contribution in [3.63, 3.8) is 0 Å². The maximum Gasteiger partial charge on any atom is 0.459 e. The number of aromatic nitrogens is 3. The highest BCUT2D eigenvalue weighted by molar-refractivity contribution is 7.52. The van der Waals surface area contributed by atoms with E-state index in [2.05, 4.69) is 15.2 Å². The number of anilines is 1. The zero-order chi connectivity index (χ0) is 31.1. The molecule has 0 bridgehead atoms. The van der Waals surface area contributed by atoms with Crippen molar-refractivity contribution < 1.29 is 38.1 Å². The number of ether oxygens (including phenoxy) is 2. The van der Waals surface area contributed by atoms with Crippen molar-refractivity contribution >= 4 is 25.1 Å². The van der Waals surface area contributed by atoms with Crippen LogP contribution in [0.3, 0.4) is 0 Å². The predicted molar refractivity (Wildman–Crippen MR) is 154 cm³/mol. The Balaban J connectivity index is 1.30. The number of nitrogen functional groups attached to an aromatic ring is 1. The number of carbonyl (C=O) groups excluding carboxylic acids is 1. The first-order valence-corrected chi connectivity index (χ1v) is 15.3. The van der Waals surface area contributed by atoms with Gasteiger partial charge in [0.05, 0.1) is 12.3 Å². The lowest BCUT2D eigenvalue weighted by Crippen LogP contribution is -2.48. The summed E-state index contributed by atoms with van der Waals surface area (Å²) in [5.74, 6) is -0.422. The fraction of sp³-hybridized carbons (Fsp3) is 0.310. The molecule has 7 atom stereocenters. The molecule has 0 radical (unpaired) electrons. The van der Waals surface area contributed by atoms with Gasteiger partial charge in [0.15, 0.2) is 11.4 Å². The van der Waals surface area contributed by atoms with Crippen molar-refractivity contribution in [3.05, 3.63) is 90.4 Å². The van der Waals surface area contributed by atoms with Gasteiger partial charge in [0, 0.05) is 0 Å². The lowest BCUT2D eigenvalue weighted by molar-refractivity contribution is -0.145. The van der Waals surface area contributed by atoms with E-state index in [0.717, 1.165) is 5.56 Å².